The van der Waals surface area contributed by atoms with Crippen molar-refractivity contribution in [3.05, 3.63) is 52.0 Å². The SMILES string of the molecule is Cc1ncn(Cc2cccc(Br)c2)c1C(=O)O. The van der Waals surface area contributed by atoms with E-state index < -0.39 is 5.97 Å². The molecule has 17 heavy (non-hydrogen) atoms. The number of benzene rings is 1. The van der Waals surface area contributed by atoms with Crippen molar-refractivity contribution in [2.75, 3.05) is 0 Å². The van der Waals surface area contributed by atoms with Gasteiger partial charge in [0, 0.05) is 11.0 Å². The monoisotopic (exact) mass is 294 g/mol. The minimum absolute atomic E-state index is 0.241. The van der Waals surface area contributed by atoms with Gasteiger partial charge >= 0.3 is 5.97 Å². The Bertz CT molecular complexity index is 563. The number of aromatic carboxylic acids is 1. The number of carboxylic acid groups (broad SMARTS) is 1. The molecule has 0 aliphatic rings. The third-order valence-corrected chi connectivity index (χ3v) is 2.96. The first-order valence-corrected chi connectivity index (χ1v) is 5.86. The summed E-state index contributed by atoms with van der Waals surface area (Å²) in [5.74, 6) is -0.949. The average Bonchev–Trinajstić information content (AvgIpc) is 2.59. The Hall–Kier alpha value is -1.62. The zero-order chi connectivity index (χ0) is 12.4. The summed E-state index contributed by atoms with van der Waals surface area (Å²) >= 11 is 3.39. The molecule has 0 saturated carbocycles. The zero-order valence-corrected chi connectivity index (χ0v) is 10.8. The Morgan fingerprint density at radius 3 is 2.94 bits per heavy atom. The topological polar surface area (TPSA) is 55.1 Å². The van der Waals surface area contributed by atoms with Crippen molar-refractivity contribution in [2.24, 2.45) is 0 Å². The fourth-order valence-electron chi connectivity index (χ4n) is 1.71. The van der Waals surface area contributed by atoms with E-state index in [0.717, 1.165) is 10.0 Å². The Balaban J connectivity index is 2.33. The van der Waals surface area contributed by atoms with Crippen LogP contribution in [-0.4, -0.2) is 20.6 Å². The molecule has 0 saturated heterocycles. The summed E-state index contributed by atoms with van der Waals surface area (Å²) in [6.45, 7) is 2.20. The predicted octanol–water partition coefficient (Wildman–Crippen LogP) is 2.70. The molecule has 0 spiro atoms. The molecular formula is C12H11BrN2O2. The van der Waals surface area contributed by atoms with Crippen LogP contribution in [-0.2, 0) is 6.54 Å². The van der Waals surface area contributed by atoms with E-state index in [-0.39, 0.29) is 5.69 Å². The molecule has 0 fully saturated rings. The number of aryl methyl sites for hydroxylation is 1. The summed E-state index contributed by atoms with van der Waals surface area (Å²) in [6, 6.07) is 7.76. The molecule has 2 aromatic rings. The van der Waals surface area contributed by atoms with Crippen LogP contribution >= 0.6 is 15.9 Å². The number of hydrogen-bond acceptors (Lipinski definition) is 2. The molecule has 0 bridgehead atoms. The highest BCUT2D eigenvalue weighted by Crippen LogP contribution is 2.14. The molecule has 0 aliphatic heterocycles. The molecule has 0 unspecified atom stereocenters. The van der Waals surface area contributed by atoms with Gasteiger partial charge in [0.2, 0.25) is 0 Å². The van der Waals surface area contributed by atoms with Gasteiger partial charge in [-0.3, -0.25) is 0 Å². The van der Waals surface area contributed by atoms with Crippen LogP contribution in [0.5, 0.6) is 0 Å². The lowest BCUT2D eigenvalue weighted by Crippen LogP contribution is -2.09. The molecule has 1 aromatic heterocycles. The molecule has 2 rings (SSSR count). The van der Waals surface area contributed by atoms with Gasteiger partial charge in [0.25, 0.3) is 0 Å². The number of rotatable bonds is 3. The number of imidazole rings is 1. The maximum absolute atomic E-state index is 11.1. The van der Waals surface area contributed by atoms with Crippen molar-refractivity contribution < 1.29 is 9.90 Å². The quantitative estimate of drug-likeness (QED) is 0.947. The first-order valence-electron chi connectivity index (χ1n) is 5.07. The van der Waals surface area contributed by atoms with Gasteiger partial charge in [0.15, 0.2) is 0 Å². The molecule has 1 aromatic carbocycles. The highest BCUT2D eigenvalue weighted by molar-refractivity contribution is 9.10. The summed E-state index contributed by atoms with van der Waals surface area (Å²) in [5, 5.41) is 9.10. The van der Waals surface area contributed by atoms with Gasteiger partial charge in [0.1, 0.15) is 5.69 Å². The molecule has 88 valence electrons. The average molecular weight is 295 g/mol. The summed E-state index contributed by atoms with van der Waals surface area (Å²) in [5.41, 5.74) is 1.80. The van der Waals surface area contributed by atoms with E-state index in [0.29, 0.717) is 12.2 Å². The first-order chi connectivity index (χ1) is 8.08. The lowest BCUT2D eigenvalue weighted by Gasteiger charge is -2.06. The van der Waals surface area contributed by atoms with E-state index in [9.17, 15) is 4.79 Å². The van der Waals surface area contributed by atoms with Gasteiger partial charge in [-0.1, -0.05) is 28.1 Å². The van der Waals surface area contributed by atoms with Crippen LogP contribution in [0.15, 0.2) is 35.1 Å². The minimum atomic E-state index is -0.949. The van der Waals surface area contributed by atoms with Crippen molar-refractivity contribution in [3.8, 4) is 0 Å². The Morgan fingerprint density at radius 2 is 2.29 bits per heavy atom. The summed E-state index contributed by atoms with van der Waals surface area (Å²) in [7, 11) is 0. The number of hydrogen-bond donors (Lipinski definition) is 1. The van der Waals surface area contributed by atoms with Crippen molar-refractivity contribution in [1.29, 1.82) is 0 Å². The second-order valence-electron chi connectivity index (χ2n) is 3.74. The van der Waals surface area contributed by atoms with E-state index in [1.165, 1.54) is 0 Å². The molecule has 5 heteroatoms. The third-order valence-electron chi connectivity index (χ3n) is 2.47. The van der Waals surface area contributed by atoms with Gasteiger partial charge in [-0.05, 0) is 24.6 Å². The summed E-state index contributed by atoms with van der Waals surface area (Å²) in [4.78, 5) is 15.1. The van der Waals surface area contributed by atoms with Crippen molar-refractivity contribution in [2.45, 2.75) is 13.5 Å². The predicted molar refractivity (Wildman–Crippen MR) is 67.2 cm³/mol. The van der Waals surface area contributed by atoms with Gasteiger partial charge in [-0.25, -0.2) is 9.78 Å². The van der Waals surface area contributed by atoms with E-state index in [2.05, 4.69) is 20.9 Å². The van der Waals surface area contributed by atoms with Crippen molar-refractivity contribution >= 4 is 21.9 Å². The van der Waals surface area contributed by atoms with Crippen LogP contribution in [0.4, 0.5) is 0 Å². The largest absolute Gasteiger partial charge is 0.477 e. The lowest BCUT2D eigenvalue weighted by molar-refractivity contribution is 0.0685. The zero-order valence-electron chi connectivity index (χ0n) is 9.22. The van der Waals surface area contributed by atoms with Crippen LogP contribution in [0.3, 0.4) is 0 Å². The van der Waals surface area contributed by atoms with Crippen LogP contribution < -0.4 is 0 Å². The Morgan fingerprint density at radius 1 is 1.53 bits per heavy atom. The van der Waals surface area contributed by atoms with Gasteiger partial charge in [-0.2, -0.15) is 0 Å². The maximum atomic E-state index is 11.1. The van der Waals surface area contributed by atoms with E-state index in [1.54, 1.807) is 17.8 Å². The standard InChI is InChI=1S/C12H11BrN2O2/c1-8-11(12(16)17)15(7-14-8)6-9-3-2-4-10(13)5-9/h2-5,7H,6H2,1H3,(H,16,17). The second kappa shape index (κ2) is 4.71. The van der Waals surface area contributed by atoms with Crippen LogP contribution in [0.25, 0.3) is 0 Å². The highest BCUT2D eigenvalue weighted by Gasteiger charge is 2.14. The van der Waals surface area contributed by atoms with Crippen molar-refractivity contribution in [1.82, 2.24) is 9.55 Å². The van der Waals surface area contributed by atoms with E-state index >= 15 is 0 Å². The van der Waals surface area contributed by atoms with E-state index in [1.807, 2.05) is 24.3 Å². The normalized spacial score (nSPS) is 10.5. The number of nitrogens with zero attached hydrogens (tertiary/aromatic N) is 2. The van der Waals surface area contributed by atoms with Crippen LogP contribution in [0.1, 0.15) is 21.7 Å². The van der Waals surface area contributed by atoms with Crippen LogP contribution in [0.2, 0.25) is 0 Å². The fourth-order valence-corrected chi connectivity index (χ4v) is 2.16. The Labute approximate surface area is 107 Å². The second-order valence-corrected chi connectivity index (χ2v) is 4.66. The summed E-state index contributed by atoms with van der Waals surface area (Å²) < 4.78 is 2.61. The lowest BCUT2D eigenvalue weighted by atomic mass is 10.2. The number of aromatic nitrogens is 2. The number of carboxylic acids is 1. The Kier molecular flexibility index (Phi) is 3.28. The summed E-state index contributed by atoms with van der Waals surface area (Å²) in [6.07, 6.45) is 1.56. The van der Waals surface area contributed by atoms with Gasteiger partial charge < -0.3 is 9.67 Å². The molecule has 0 radical (unpaired) electrons. The van der Waals surface area contributed by atoms with Crippen LogP contribution in [0, 0.1) is 6.92 Å². The fraction of sp³-hybridized carbons (Fsp3) is 0.167. The number of halogens is 1. The number of carbonyl (C=O) groups is 1. The third kappa shape index (κ3) is 2.55. The van der Waals surface area contributed by atoms with E-state index in [4.69, 9.17) is 5.11 Å². The molecule has 0 amide bonds. The highest BCUT2D eigenvalue weighted by atomic mass is 79.9. The smallest absolute Gasteiger partial charge is 0.354 e. The molecule has 1 N–H and O–H groups in total. The molecular weight excluding hydrogens is 284 g/mol. The minimum Gasteiger partial charge on any atom is -0.477 e. The molecule has 4 nitrogen and oxygen atoms in total. The first kappa shape index (κ1) is 11.9. The van der Waals surface area contributed by atoms with Gasteiger partial charge in [-0.15, -0.1) is 0 Å². The van der Waals surface area contributed by atoms with Gasteiger partial charge in [0.05, 0.1) is 12.0 Å². The molecule has 0 aliphatic carbocycles. The molecule has 1 heterocycles. The maximum Gasteiger partial charge on any atom is 0.354 e. The van der Waals surface area contributed by atoms with Crippen molar-refractivity contribution in [3.63, 3.8) is 0 Å². The molecule has 0 atom stereocenters.